The number of rotatable bonds is 5. The highest BCUT2D eigenvalue weighted by atomic mass is 35.5. The van der Waals surface area contributed by atoms with E-state index in [9.17, 15) is 4.79 Å². The standard InChI is InChI=1S/C14H17ClN2O/c15-13-12(2-1-7-16-13)14(18)17(8-10-3-4-10)9-11-5-6-11/h1-2,7,10-11H,3-6,8-9H2. The molecule has 1 aromatic rings. The number of hydrogen-bond acceptors (Lipinski definition) is 2. The Hall–Kier alpha value is -1.09. The maximum atomic E-state index is 12.5. The summed E-state index contributed by atoms with van der Waals surface area (Å²) in [6.07, 6.45) is 6.65. The van der Waals surface area contributed by atoms with Crippen molar-refractivity contribution in [2.75, 3.05) is 13.1 Å². The second-order valence-electron chi connectivity index (χ2n) is 5.44. The van der Waals surface area contributed by atoms with E-state index in [0.717, 1.165) is 13.1 Å². The maximum Gasteiger partial charge on any atom is 0.257 e. The van der Waals surface area contributed by atoms with Crippen molar-refractivity contribution in [1.82, 2.24) is 9.88 Å². The minimum absolute atomic E-state index is 0.0481. The van der Waals surface area contributed by atoms with E-state index in [4.69, 9.17) is 11.6 Å². The Balaban J connectivity index is 1.75. The third-order valence-corrected chi connectivity index (χ3v) is 3.93. The molecule has 96 valence electrons. The molecule has 2 aliphatic rings. The third kappa shape index (κ3) is 2.83. The predicted molar refractivity (Wildman–Crippen MR) is 70.6 cm³/mol. The molecule has 1 amide bonds. The van der Waals surface area contributed by atoms with Crippen LogP contribution in [0.15, 0.2) is 18.3 Å². The number of carbonyl (C=O) groups excluding carboxylic acids is 1. The van der Waals surface area contributed by atoms with E-state index < -0.39 is 0 Å². The van der Waals surface area contributed by atoms with E-state index in [1.165, 1.54) is 25.7 Å². The molecule has 0 radical (unpaired) electrons. The monoisotopic (exact) mass is 264 g/mol. The van der Waals surface area contributed by atoms with Crippen LogP contribution in [0.1, 0.15) is 36.0 Å². The molecular weight excluding hydrogens is 248 g/mol. The first-order chi connectivity index (χ1) is 8.74. The van der Waals surface area contributed by atoms with Gasteiger partial charge in [-0.2, -0.15) is 0 Å². The summed E-state index contributed by atoms with van der Waals surface area (Å²) in [5, 5.41) is 0.319. The van der Waals surface area contributed by atoms with E-state index in [-0.39, 0.29) is 5.91 Å². The van der Waals surface area contributed by atoms with Crippen LogP contribution in [-0.4, -0.2) is 28.9 Å². The molecule has 3 nitrogen and oxygen atoms in total. The summed E-state index contributed by atoms with van der Waals surface area (Å²) in [6, 6.07) is 3.54. The van der Waals surface area contributed by atoms with Crippen molar-refractivity contribution in [3.63, 3.8) is 0 Å². The fraction of sp³-hybridized carbons (Fsp3) is 0.571. The maximum absolute atomic E-state index is 12.5. The van der Waals surface area contributed by atoms with Crippen LogP contribution in [0.25, 0.3) is 0 Å². The van der Waals surface area contributed by atoms with E-state index in [1.54, 1.807) is 18.3 Å². The molecule has 2 fully saturated rings. The molecule has 4 heteroatoms. The summed E-state index contributed by atoms with van der Waals surface area (Å²) in [4.78, 5) is 18.5. The molecule has 0 spiro atoms. The lowest BCUT2D eigenvalue weighted by molar-refractivity contribution is 0.0739. The lowest BCUT2D eigenvalue weighted by atomic mass is 10.2. The Kier molecular flexibility index (Phi) is 3.25. The molecule has 2 aliphatic carbocycles. The van der Waals surface area contributed by atoms with Crippen LogP contribution in [0, 0.1) is 11.8 Å². The van der Waals surface area contributed by atoms with Crippen molar-refractivity contribution in [2.24, 2.45) is 11.8 Å². The van der Waals surface area contributed by atoms with E-state index in [0.29, 0.717) is 22.6 Å². The van der Waals surface area contributed by atoms with Gasteiger partial charge in [-0.1, -0.05) is 11.6 Å². The highest BCUT2D eigenvalue weighted by Gasteiger charge is 2.32. The number of nitrogens with zero attached hydrogens (tertiary/aromatic N) is 2. The van der Waals surface area contributed by atoms with Gasteiger partial charge >= 0.3 is 0 Å². The minimum Gasteiger partial charge on any atom is -0.338 e. The highest BCUT2D eigenvalue weighted by molar-refractivity contribution is 6.32. The van der Waals surface area contributed by atoms with Gasteiger partial charge in [-0.25, -0.2) is 4.98 Å². The first-order valence-electron chi connectivity index (χ1n) is 6.64. The van der Waals surface area contributed by atoms with Crippen LogP contribution in [0.3, 0.4) is 0 Å². The fourth-order valence-corrected chi connectivity index (χ4v) is 2.38. The number of pyridine rings is 1. The van der Waals surface area contributed by atoms with Gasteiger partial charge in [-0.3, -0.25) is 4.79 Å². The third-order valence-electron chi connectivity index (χ3n) is 3.63. The summed E-state index contributed by atoms with van der Waals surface area (Å²) < 4.78 is 0. The molecule has 2 saturated carbocycles. The van der Waals surface area contributed by atoms with Crippen molar-refractivity contribution < 1.29 is 4.79 Å². The molecular formula is C14H17ClN2O. The molecule has 0 atom stereocenters. The van der Waals surface area contributed by atoms with Gasteiger partial charge in [0.25, 0.3) is 5.91 Å². The summed E-state index contributed by atoms with van der Waals surface area (Å²) >= 11 is 6.01. The molecule has 1 heterocycles. The zero-order chi connectivity index (χ0) is 12.5. The average molecular weight is 265 g/mol. The lowest BCUT2D eigenvalue weighted by Gasteiger charge is -2.22. The van der Waals surface area contributed by atoms with Gasteiger partial charge in [0.05, 0.1) is 5.56 Å². The van der Waals surface area contributed by atoms with E-state index in [2.05, 4.69) is 4.98 Å². The molecule has 0 aliphatic heterocycles. The average Bonchev–Trinajstić information content (AvgIpc) is 3.23. The van der Waals surface area contributed by atoms with Crippen molar-refractivity contribution in [2.45, 2.75) is 25.7 Å². The second-order valence-corrected chi connectivity index (χ2v) is 5.80. The largest absolute Gasteiger partial charge is 0.338 e. The smallest absolute Gasteiger partial charge is 0.257 e. The molecule has 0 saturated heterocycles. The van der Waals surface area contributed by atoms with Crippen LogP contribution in [0.4, 0.5) is 0 Å². The zero-order valence-corrected chi connectivity index (χ0v) is 11.1. The Morgan fingerprint density at radius 3 is 2.39 bits per heavy atom. The normalized spacial score (nSPS) is 18.7. The van der Waals surface area contributed by atoms with Gasteiger partial charge in [0.15, 0.2) is 0 Å². The van der Waals surface area contributed by atoms with Gasteiger partial charge in [-0.05, 0) is 49.7 Å². The van der Waals surface area contributed by atoms with Gasteiger partial charge in [0.2, 0.25) is 0 Å². The number of halogens is 1. The van der Waals surface area contributed by atoms with Crippen LogP contribution in [0.5, 0.6) is 0 Å². The van der Waals surface area contributed by atoms with Crippen molar-refractivity contribution >= 4 is 17.5 Å². The number of hydrogen-bond donors (Lipinski definition) is 0. The molecule has 18 heavy (non-hydrogen) atoms. The fourth-order valence-electron chi connectivity index (χ4n) is 2.18. The van der Waals surface area contributed by atoms with E-state index >= 15 is 0 Å². The molecule has 3 rings (SSSR count). The molecule has 0 bridgehead atoms. The molecule has 0 unspecified atom stereocenters. The van der Waals surface area contributed by atoms with Gasteiger partial charge in [0, 0.05) is 19.3 Å². The summed E-state index contributed by atoms with van der Waals surface area (Å²) in [6.45, 7) is 1.78. The van der Waals surface area contributed by atoms with Crippen LogP contribution >= 0.6 is 11.6 Å². The Labute approximate surface area is 112 Å². The van der Waals surface area contributed by atoms with E-state index in [1.807, 2.05) is 4.90 Å². The summed E-state index contributed by atoms with van der Waals surface area (Å²) in [5.74, 6) is 1.47. The second kappa shape index (κ2) is 4.88. The molecule has 1 aromatic heterocycles. The predicted octanol–water partition coefficient (Wildman–Crippen LogP) is 3.00. The first kappa shape index (κ1) is 12.0. The SMILES string of the molecule is O=C(c1cccnc1Cl)N(CC1CC1)CC1CC1. The first-order valence-corrected chi connectivity index (χ1v) is 7.01. The van der Waals surface area contributed by atoms with Crippen molar-refractivity contribution in [3.8, 4) is 0 Å². The molecule has 0 aromatic carbocycles. The van der Waals surface area contributed by atoms with Crippen molar-refractivity contribution in [1.29, 1.82) is 0 Å². The molecule has 0 N–H and O–H groups in total. The lowest BCUT2D eigenvalue weighted by Crippen LogP contribution is -2.35. The van der Waals surface area contributed by atoms with Gasteiger partial charge in [0.1, 0.15) is 5.15 Å². The number of aromatic nitrogens is 1. The van der Waals surface area contributed by atoms with Crippen LogP contribution in [0.2, 0.25) is 5.15 Å². The number of carbonyl (C=O) groups is 1. The zero-order valence-electron chi connectivity index (χ0n) is 10.3. The Morgan fingerprint density at radius 1 is 1.28 bits per heavy atom. The Morgan fingerprint density at radius 2 is 1.89 bits per heavy atom. The van der Waals surface area contributed by atoms with Crippen LogP contribution in [-0.2, 0) is 0 Å². The quantitative estimate of drug-likeness (QED) is 0.766. The Bertz CT molecular complexity index is 441. The number of amides is 1. The van der Waals surface area contributed by atoms with Gasteiger partial charge < -0.3 is 4.90 Å². The van der Waals surface area contributed by atoms with Crippen molar-refractivity contribution in [3.05, 3.63) is 29.0 Å². The van der Waals surface area contributed by atoms with Crippen LogP contribution < -0.4 is 0 Å². The summed E-state index contributed by atoms with van der Waals surface area (Å²) in [5.41, 5.74) is 0.542. The minimum atomic E-state index is 0.0481. The topological polar surface area (TPSA) is 33.2 Å². The summed E-state index contributed by atoms with van der Waals surface area (Å²) in [7, 11) is 0. The van der Waals surface area contributed by atoms with Gasteiger partial charge in [-0.15, -0.1) is 0 Å². The highest BCUT2D eigenvalue weighted by Crippen LogP contribution is 2.34.